The van der Waals surface area contributed by atoms with E-state index in [4.69, 9.17) is 5.73 Å². The van der Waals surface area contributed by atoms with E-state index in [-0.39, 0.29) is 6.04 Å². The molecule has 0 amide bonds. The molecule has 0 aliphatic rings. The zero-order valence-electron chi connectivity index (χ0n) is 12.8. The maximum atomic E-state index is 6.08. The summed E-state index contributed by atoms with van der Waals surface area (Å²) < 4.78 is 2.13. The highest BCUT2D eigenvalue weighted by atomic mass is 15.3. The average Bonchev–Trinajstić information content (AvgIpc) is 2.73. The molecule has 2 rings (SSSR count). The molecule has 0 spiro atoms. The summed E-state index contributed by atoms with van der Waals surface area (Å²) in [6, 6.07) is 10.8. The van der Waals surface area contributed by atoms with Crippen molar-refractivity contribution in [2.45, 2.75) is 52.6 Å². The number of rotatable bonds is 6. The molecular formula is C17H25N3. The van der Waals surface area contributed by atoms with Gasteiger partial charge >= 0.3 is 0 Å². The van der Waals surface area contributed by atoms with Crippen LogP contribution in [0.15, 0.2) is 30.3 Å². The smallest absolute Gasteiger partial charge is 0.0629 e. The fourth-order valence-electron chi connectivity index (χ4n) is 2.53. The van der Waals surface area contributed by atoms with Gasteiger partial charge in [-0.05, 0) is 44.2 Å². The first kappa shape index (κ1) is 14.8. The van der Waals surface area contributed by atoms with E-state index in [0.29, 0.717) is 0 Å². The lowest BCUT2D eigenvalue weighted by molar-refractivity contribution is 0.591. The van der Waals surface area contributed by atoms with Crippen LogP contribution in [0.2, 0.25) is 0 Å². The lowest BCUT2D eigenvalue weighted by atomic mass is 10.0. The van der Waals surface area contributed by atoms with Crippen molar-refractivity contribution in [2.24, 2.45) is 5.73 Å². The van der Waals surface area contributed by atoms with E-state index in [9.17, 15) is 0 Å². The molecule has 3 heteroatoms. The molecular weight excluding hydrogens is 246 g/mol. The average molecular weight is 271 g/mol. The Hall–Kier alpha value is -1.61. The predicted octanol–water partition coefficient (Wildman–Crippen LogP) is 3.02. The van der Waals surface area contributed by atoms with Crippen LogP contribution in [-0.2, 0) is 19.4 Å². The van der Waals surface area contributed by atoms with Gasteiger partial charge in [0.15, 0.2) is 0 Å². The monoisotopic (exact) mass is 271 g/mol. The molecule has 3 nitrogen and oxygen atoms in total. The van der Waals surface area contributed by atoms with Crippen LogP contribution in [0, 0.1) is 13.8 Å². The highest BCUT2D eigenvalue weighted by molar-refractivity contribution is 5.25. The largest absolute Gasteiger partial charge is 0.327 e. The number of aromatic nitrogens is 2. The predicted molar refractivity (Wildman–Crippen MR) is 83.8 cm³/mol. The van der Waals surface area contributed by atoms with E-state index in [2.05, 4.69) is 60.9 Å². The molecule has 0 saturated carbocycles. The molecule has 1 heterocycles. The van der Waals surface area contributed by atoms with Crippen molar-refractivity contribution in [3.8, 4) is 0 Å². The standard InChI is InChI=1S/C17H25N3/c1-4-16(18)12-17-13(2)19-20(14(17)3)11-10-15-8-6-5-7-9-15/h5-9,16H,4,10-12,18H2,1-3H3. The van der Waals surface area contributed by atoms with Crippen molar-refractivity contribution in [1.82, 2.24) is 9.78 Å². The first-order valence-corrected chi connectivity index (χ1v) is 7.44. The van der Waals surface area contributed by atoms with Crippen molar-refractivity contribution in [3.05, 3.63) is 52.8 Å². The van der Waals surface area contributed by atoms with Crippen LogP contribution in [0.4, 0.5) is 0 Å². The van der Waals surface area contributed by atoms with Crippen molar-refractivity contribution < 1.29 is 0 Å². The number of hydrogen-bond acceptors (Lipinski definition) is 2. The van der Waals surface area contributed by atoms with Crippen LogP contribution >= 0.6 is 0 Å². The van der Waals surface area contributed by atoms with Crippen molar-refractivity contribution in [1.29, 1.82) is 0 Å². The van der Waals surface area contributed by atoms with Gasteiger partial charge in [0.1, 0.15) is 0 Å². The summed E-state index contributed by atoms with van der Waals surface area (Å²) in [5.74, 6) is 0. The van der Waals surface area contributed by atoms with Crippen LogP contribution in [-0.4, -0.2) is 15.8 Å². The molecule has 1 atom stereocenters. The summed E-state index contributed by atoms with van der Waals surface area (Å²) in [6.45, 7) is 7.31. The number of aryl methyl sites for hydroxylation is 3. The van der Waals surface area contributed by atoms with Crippen molar-refractivity contribution in [2.75, 3.05) is 0 Å². The first-order chi connectivity index (χ1) is 9.61. The maximum absolute atomic E-state index is 6.08. The number of nitrogens with zero attached hydrogens (tertiary/aromatic N) is 2. The Labute approximate surface area is 121 Å². The second kappa shape index (κ2) is 6.71. The fourth-order valence-corrected chi connectivity index (χ4v) is 2.53. The van der Waals surface area contributed by atoms with E-state index < -0.39 is 0 Å². The van der Waals surface area contributed by atoms with E-state index in [1.54, 1.807) is 0 Å². The molecule has 1 aromatic heterocycles. The van der Waals surface area contributed by atoms with Gasteiger partial charge in [0.25, 0.3) is 0 Å². The van der Waals surface area contributed by atoms with E-state index in [1.165, 1.54) is 16.8 Å². The Balaban J connectivity index is 2.07. The highest BCUT2D eigenvalue weighted by Crippen LogP contribution is 2.16. The van der Waals surface area contributed by atoms with Gasteiger partial charge in [-0.3, -0.25) is 4.68 Å². The van der Waals surface area contributed by atoms with Crippen LogP contribution in [0.3, 0.4) is 0 Å². The summed E-state index contributed by atoms with van der Waals surface area (Å²) in [6.07, 6.45) is 2.95. The second-order valence-electron chi connectivity index (χ2n) is 5.48. The molecule has 1 unspecified atom stereocenters. The Kier molecular flexibility index (Phi) is 4.96. The molecule has 1 aromatic carbocycles. The second-order valence-corrected chi connectivity index (χ2v) is 5.48. The normalized spacial score (nSPS) is 12.6. The molecule has 2 N–H and O–H groups in total. The fraction of sp³-hybridized carbons (Fsp3) is 0.471. The van der Waals surface area contributed by atoms with Gasteiger partial charge in [0.05, 0.1) is 5.69 Å². The maximum Gasteiger partial charge on any atom is 0.0629 e. The SMILES string of the molecule is CCC(N)Cc1c(C)nn(CCc2ccccc2)c1C. The molecule has 0 radical (unpaired) electrons. The zero-order valence-corrected chi connectivity index (χ0v) is 12.8. The van der Waals surface area contributed by atoms with Gasteiger partial charge in [-0.25, -0.2) is 0 Å². The summed E-state index contributed by atoms with van der Waals surface area (Å²) in [5, 5.41) is 4.67. The van der Waals surface area contributed by atoms with Gasteiger partial charge in [-0.2, -0.15) is 5.10 Å². The minimum absolute atomic E-state index is 0.235. The lowest BCUT2D eigenvalue weighted by Gasteiger charge is -2.09. The quantitative estimate of drug-likeness (QED) is 0.877. The molecule has 0 saturated heterocycles. The number of nitrogens with two attached hydrogens (primary N) is 1. The van der Waals surface area contributed by atoms with Crippen molar-refractivity contribution in [3.63, 3.8) is 0 Å². The summed E-state index contributed by atoms with van der Waals surface area (Å²) in [4.78, 5) is 0. The van der Waals surface area contributed by atoms with Gasteiger partial charge in [0, 0.05) is 18.3 Å². The van der Waals surface area contributed by atoms with E-state index in [1.807, 2.05) is 0 Å². The van der Waals surface area contributed by atoms with Gasteiger partial charge < -0.3 is 5.73 Å². The Bertz CT molecular complexity index is 543. The van der Waals surface area contributed by atoms with E-state index in [0.717, 1.165) is 31.5 Å². The Morgan fingerprint density at radius 3 is 2.55 bits per heavy atom. The third kappa shape index (κ3) is 3.48. The van der Waals surface area contributed by atoms with Crippen LogP contribution in [0.25, 0.3) is 0 Å². The van der Waals surface area contributed by atoms with Gasteiger partial charge in [-0.1, -0.05) is 37.3 Å². The Morgan fingerprint density at radius 1 is 1.20 bits per heavy atom. The summed E-state index contributed by atoms with van der Waals surface area (Å²) >= 11 is 0. The zero-order chi connectivity index (χ0) is 14.5. The summed E-state index contributed by atoms with van der Waals surface area (Å²) in [7, 11) is 0. The number of benzene rings is 1. The molecule has 2 aromatic rings. The Morgan fingerprint density at radius 2 is 1.90 bits per heavy atom. The highest BCUT2D eigenvalue weighted by Gasteiger charge is 2.13. The van der Waals surface area contributed by atoms with Crippen LogP contribution < -0.4 is 5.73 Å². The molecule has 0 bridgehead atoms. The van der Waals surface area contributed by atoms with Crippen LogP contribution in [0.5, 0.6) is 0 Å². The van der Waals surface area contributed by atoms with Crippen LogP contribution in [0.1, 0.15) is 35.9 Å². The minimum atomic E-state index is 0.235. The first-order valence-electron chi connectivity index (χ1n) is 7.44. The van der Waals surface area contributed by atoms with E-state index >= 15 is 0 Å². The molecule has 0 aliphatic carbocycles. The third-order valence-corrected chi connectivity index (χ3v) is 3.98. The molecule has 20 heavy (non-hydrogen) atoms. The van der Waals surface area contributed by atoms with Crippen molar-refractivity contribution >= 4 is 0 Å². The topological polar surface area (TPSA) is 43.8 Å². The molecule has 0 fully saturated rings. The molecule has 0 aliphatic heterocycles. The summed E-state index contributed by atoms with van der Waals surface area (Å²) in [5.41, 5.74) is 11.2. The third-order valence-electron chi connectivity index (χ3n) is 3.98. The van der Waals surface area contributed by atoms with Gasteiger partial charge in [-0.15, -0.1) is 0 Å². The minimum Gasteiger partial charge on any atom is -0.327 e. The van der Waals surface area contributed by atoms with Gasteiger partial charge in [0.2, 0.25) is 0 Å². The number of hydrogen-bond donors (Lipinski definition) is 1. The lowest BCUT2D eigenvalue weighted by Crippen LogP contribution is -2.22. The molecule has 108 valence electrons.